The summed E-state index contributed by atoms with van der Waals surface area (Å²) in [5.41, 5.74) is 5.84. The Morgan fingerprint density at radius 3 is 2.32 bits per heavy atom. The molecule has 0 aliphatic rings. The molecule has 0 N–H and O–H groups in total. The summed E-state index contributed by atoms with van der Waals surface area (Å²) in [7, 11) is 0. The van der Waals surface area contributed by atoms with Gasteiger partial charge in [0.25, 0.3) is 0 Å². The molecule has 0 spiro atoms. The van der Waals surface area contributed by atoms with Crippen molar-refractivity contribution in [3.8, 4) is 11.8 Å². The number of allylic oxidation sites excluding steroid dienone is 1. The zero-order valence-corrected chi connectivity index (χ0v) is 16.3. The number of halogens is 2. The Morgan fingerprint density at radius 2 is 1.72 bits per heavy atom. The minimum atomic E-state index is 0.642. The largest absolute Gasteiger partial charge is 0.318 e. The van der Waals surface area contributed by atoms with Crippen LogP contribution in [-0.2, 0) is 0 Å². The predicted octanol–water partition coefficient (Wildman–Crippen LogP) is 6.57. The van der Waals surface area contributed by atoms with Gasteiger partial charge in [0.15, 0.2) is 0 Å². The summed E-state index contributed by atoms with van der Waals surface area (Å²) in [6.45, 7) is 4.12. The molecule has 0 bridgehead atoms. The lowest BCUT2D eigenvalue weighted by Crippen LogP contribution is -1.98. The van der Waals surface area contributed by atoms with Gasteiger partial charge >= 0.3 is 0 Å². The Hall–Kier alpha value is -2.28. The zero-order valence-electron chi connectivity index (χ0n) is 13.9. The fraction of sp³-hybridized carbons (Fsp3) is 0.0952. The molecule has 0 amide bonds. The van der Waals surface area contributed by atoms with E-state index in [0.29, 0.717) is 10.6 Å². The first-order valence-electron chi connectivity index (χ1n) is 7.82. The van der Waals surface area contributed by atoms with E-state index in [1.807, 2.05) is 54.6 Å². The van der Waals surface area contributed by atoms with Gasteiger partial charge in [-0.15, -0.1) is 0 Å². The van der Waals surface area contributed by atoms with Crippen molar-refractivity contribution < 1.29 is 0 Å². The van der Waals surface area contributed by atoms with Crippen LogP contribution >= 0.6 is 27.5 Å². The number of aryl methyl sites for hydroxylation is 1. The summed E-state index contributed by atoms with van der Waals surface area (Å²) in [6.07, 6.45) is 1.94. The van der Waals surface area contributed by atoms with Crippen molar-refractivity contribution >= 4 is 39.2 Å². The molecule has 0 saturated heterocycles. The fourth-order valence-corrected chi connectivity index (χ4v) is 3.28. The second-order valence-electron chi connectivity index (χ2n) is 5.82. The van der Waals surface area contributed by atoms with Gasteiger partial charge in [0, 0.05) is 26.6 Å². The standard InChI is InChI=1S/C21H16BrClN2/c1-14-11-17(12-18(13-24)16-3-5-19(22)6-4-16)15(2)25(14)21-9-7-20(23)8-10-21/h3-12H,1-2H3. The Labute approximate surface area is 161 Å². The molecule has 1 heterocycles. The lowest BCUT2D eigenvalue weighted by Gasteiger charge is -2.09. The number of hydrogen-bond acceptors (Lipinski definition) is 1. The molecule has 0 aliphatic heterocycles. The zero-order chi connectivity index (χ0) is 18.0. The average Bonchev–Trinajstić information content (AvgIpc) is 2.88. The highest BCUT2D eigenvalue weighted by Crippen LogP contribution is 2.26. The van der Waals surface area contributed by atoms with E-state index in [1.165, 1.54) is 0 Å². The molecule has 25 heavy (non-hydrogen) atoms. The minimum absolute atomic E-state index is 0.642. The summed E-state index contributed by atoms with van der Waals surface area (Å²) < 4.78 is 3.16. The van der Waals surface area contributed by atoms with Crippen molar-refractivity contribution in [2.75, 3.05) is 0 Å². The SMILES string of the molecule is Cc1cc(C=C(C#N)c2ccc(Br)cc2)c(C)n1-c1ccc(Cl)cc1. The summed E-state index contributed by atoms with van der Waals surface area (Å²) in [6, 6.07) is 19.9. The molecule has 0 unspecified atom stereocenters. The van der Waals surface area contributed by atoms with E-state index in [-0.39, 0.29) is 0 Å². The van der Waals surface area contributed by atoms with E-state index in [4.69, 9.17) is 11.6 Å². The van der Waals surface area contributed by atoms with Crippen molar-refractivity contribution in [2.24, 2.45) is 0 Å². The maximum Gasteiger partial charge on any atom is 0.0998 e. The molecule has 3 rings (SSSR count). The topological polar surface area (TPSA) is 28.7 Å². The second kappa shape index (κ2) is 7.31. The molecule has 124 valence electrons. The van der Waals surface area contributed by atoms with E-state index < -0.39 is 0 Å². The lowest BCUT2D eigenvalue weighted by atomic mass is 10.0. The maximum atomic E-state index is 9.57. The molecule has 0 radical (unpaired) electrons. The van der Waals surface area contributed by atoms with E-state index in [0.717, 1.165) is 32.7 Å². The van der Waals surface area contributed by atoms with Crippen molar-refractivity contribution in [2.45, 2.75) is 13.8 Å². The third-order valence-electron chi connectivity index (χ3n) is 4.13. The minimum Gasteiger partial charge on any atom is -0.318 e. The normalized spacial score (nSPS) is 11.4. The van der Waals surface area contributed by atoms with Crippen molar-refractivity contribution in [3.63, 3.8) is 0 Å². The highest BCUT2D eigenvalue weighted by Gasteiger charge is 2.11. The van der Waals surface area contributed by atoms with Crippen LogP contribution in [0.2, 0.25) is 5.02 Å². The average molecular weight is 412 g/mol. The first kappa shape index (κ1) is 17.5. The van der Waals surface area contributed by atoms with E-state index in [2.05, 4.69) is 46.5 Å². The Kier molecular flexibility index (Phi) is 5.13. The Balaban J connectivity index is 2.06. The van der Waals surface area contributed by atoms with Crippen LogP contribution in [0.25, 0.3) is 17.3 Å². The number of nitrogens with zero attached hydrogens (tertiary/aromatic N) is 2. The van der Waals surface area contributed by atoms with Gasteiger partial charge in [0.1, 0.15) is 0 Å². The number of aromatic nitrogens is 1. The van der Waals surface area contributed by atoms with Gasteiger partial charge < -0.3 is 4.57 Å². The van der Waals surface area contributed by atoms with E-state index >= 15 is 0 Å². The summed E-state index contributed by atoms with van der Waals surface area (Å²) in [5, 5.41) is 10.3. The monoisotopic (exact) mass is 410 g/mol. The van der Waals surface area contributed by atoms with E-state index in [9.17, 15) is 5.26 Å². The van der Waals surface area contributed by atoms with Gasteiger partial charge in [0.05, 0.1) is 11.6 Å². The summed E-state index contributed by atoms with van der Waals surface area (Å²) in [4.78, 5) is 0. The predicted molar refractivity (Wildman–Crippen MR) is 108 cm³/mol. The summed E-state index contributed by atoms with van der Waals surface area (Å²) in [5.74, 6) is 0. The van der Waals surface area contributed by atoms with Crippen molar-refractivity contribution in [1.29, 1.82) is 5.26 Å². The quantitative estimate of drug-likeness (QED) is 0.448. The molecule has 2 nitrogen and oxygen atoms in total. The van der Waals surface area contributed by atoms with Gasteiger partial charge in [-0.3, -0.25) is 0 Å². The van der Waals surface area contributed by atoms with Gasteiger partial charge in [-0.2, -0.15) is 5.26 Å². The molecule has 1 aromatic heterocycles. The van der Waals surface area contributed by atoms with Crippen LogP contribution < -0.4 is 0 Å². The molecule has 0 saturated carbocycles. The smallest absolute Gasteiger partial charge is 0.0998 e. The van der Waals surface area contributed by atoms with Gasteiger partial charge in [0.2, 0.25) is 0 Å². The lowest BCUT2D eigenvalue weighted by molar-refractivity contribution is 0.964. The van der Waals surface area contributed by atoms with Crippen molar-refractivity contribution in [3.05, 3.63) is 86.6 Å². The number of rotatable bonds is 3. The van der Waals surface area contributed by atoms with Crippen LogP contribution in [-0.4, -0.2) is 4.57 Å². The molecule has 3 aromatic rings. The Bertz CT molecular complexity index is 974. The number of hydrogen-bond donors (Lipinski definition) is 0. The van der Waals surface area contributed by atoms with Gasteiger partial charge in [-0.25, -0.2) is 0 Å². The highest BCUT2D eigenvalue weighted by molar-refractivity contribution is 9.10. The van der Waals surface area contributed by atoms with Gasteiger partial charge in [-0.1, -0.05) is 39.7 Å². The molecule has 0 aliphatic carbocycles. The first-order valence-corrected chi connectivity index (χ1v) is 8.99. The van der Waals surface area contributed by atoms with Crippen LogP contribution in [0.1, 0.15) is 22.5 Å². The number of benzene rings is 2. The third kappa shape index (κ3) is 3.71. The first-order chi connectivity index (χ1) is 12.0. The van der Waals surface area contributed by atoms with Crippen LogP contribution in [0.3, 0.4) is 0 Å². The summed E-state index contributed by atoms with van der Waals surface area (Å²) >= 11 is 9.42. The number of nitriles is 1. The van der Waals surface area contributed by atoms with Crippen LogP contribution in [0.4, 0.5) is 0 Å². The van der Waals surface area contributed by atoms with Crippen molar-refractivity contribution in [1.82, 2.24) is 4.57 Å². The third-order valence-corrected chi connectivity index (χ3v) is 4.91. The molecular weight excluding hydrogens is 396 g/mol. The second-order valence-corrected chi connectivity index (χ2v) is 7.17. The Morgan fingerprint density at radius 1 is 1.08 bits per heavy atom. The molecule has 4 heteroatoms. The molecule has 0 fully saturated rings. The van der Waals surface area contributed by atoms with Crippen LogP contribution in [0.5, 0.6) is 0 Å². The van der Waals surface area contributed by atoms with E-state index in [1.54, 1.807) is 0 Å². The van der Waals surface area contributed by atoms with Crippen LogP contribution in [0, 0.1) is 25.2 Å². The maximum absolute atomic E-state index is 9.57. The molecular formula is C21H16BrClN2. The van der Waals surface area contributed by atoms with Crippen LogP contribution in [0.15, 0.2) is 59.1 Å². The molecule has 0 atom stereocenters. The fourth-order valence-electron chi connectivity index (χ4n) is 2.89. The van der Waals surface area contributed by atoms with Gasteiger partial charge in [-0.05, 0) is 73.5 Å². The highest BCUT2D eigenvalue weighted by atomic mass is 79.9. The molecule has 2 aromatic carbocycles.